The van der Waals surface area contributed by atoms with Crippen LogP contribution in [0.2, 0.25) is 0 Å². The molecule has 1 aliphatic carbocycles. The number of hydrogen-bond acceptors (Lipinski definition) is 5. The fraction of sp³-hybridized carbons (Fsp3) is 0.389. The van der Waals surface area contributed by atoms with Crippen LogP contribution in [0.15, 0.2) is 24.4 Å². The Kier molecular flexibility index (Phi) is 5.70. The minimum absolute atomic E-state index is 0. The smallest absolute Gasteiger partial charge is 0.271 e. The highest BCUT2D eigenvalue weighted by atomic mass is 19.1. The third kappa shape index (κ3) is 4.25. The van der Waals surface area contributed by atoms with Gasteiger partial charge in [-0.3, -0.25) is 14.7 Å². The van der Waals surface area contributed by atoms with Gasteiger partial charge in [0.1, 0.15) is 22.8 Å². The van der Waals surface area contributed by atoms with Gasteiger partial charge in [-0.05, 0) is 37.8 Å². The number of benzene rings is 1. The van der Waals surface area contributed by atoms with E-state index in [1.807, 2.05) is 0 Å². The molecule has 8 nitrogen and oxygen atoms in total. The number of aliphatic hydroxyl groups excluding tert-OH is 1. The van der Waals surface area contributed by atoms with Crippen LogP contribution in [0, 0.1) is 5.82 Å². The standard InChI is InChI=1S/C18H21FN4O4.H2/c1-27-14-4-2-3-12(19)15(14)17(25)22-13-9-20-23-16(13)18(26)21-10-5-7-11(24)8-6-10;/h2-4,9-11,24H,5-8H2,1H3,(H,20,23)(H,21,26)(H,22,25);1H. The first-order valence-corrected chi connectivity index (χ1v) is 8.65. The topological polar surface area (TPSA) is 116 Å². The number of aromatic nitrogens is 2. The normalized spacial score (nSPS) is 19.4. The number of aromatic amines is 1. The van der Waals surface area contributed by atoms with E-state index < -0.39 is 17.6 Å². The van der Waals surface area contributed by atoms with Gasteiger partial charge < -0.3 is 20.5 Å². The lowest BCUT2D eigenvalue weighted by atomic mass is 9.93. The maximum Gasteiger partial charge on any atom is 0.271 e. The number of rotatable bonds is 5. The number of aliphatic hydroxyl groups is 1. The molecule has 3 rings (SSSR count). The molecule has 1 fully saturated rings. The van der Waals surface area contributed by atoms with Crippen molar-refractivity contribution in [3.8, 4) is 5.75 Å². The molecular weight excluding hydrogens is 355 g/mol. The molecule has 1 aromatic heterocycles. The van der Waals surface area contributed by atoms with Crippen LogP contribution in [0.3, 0.4) is 0 Å². The van der Waals surface area contributed by atoms with Crippen molar-refractivity contribution in [1.82, 2.24) is 15.5 Å². The second-order valence-electron chi connectivity index (χ2n) is 6.41. The highest BCUT2D eigenvalue weighted by Gasteiger charge is 2.25. The van der Waals surface area contributed by atoms with Crippen LogP contribution < -0.4 is 15.4 Å². The molecule has 1 aliphatic rings. The molecule has 2 amide bonds. The lowest BCUT2D eigenvalue weighted by molar-refractivity contribution is 0.0864. The quantitative estimate of drug-likeness (QED) is 0.636. The van der Waals surface area contributed by atoms with Crippen molar-refractivity contribution in [2.45, 2.75) is 37.8 Å². The molecule has 2 aromatic rings. The number of hydrogen-bond donors (Lipinski definition) is 4. The Balaban J connectivity index is 0.00000280. The number of ether oxygens (including phenoxy) is 1. The first-order valence-electron chi connectivity index (χ1n) is 8.65. The van der Waals surface area contributed by atoms with E-state index in [1.165, 1.54) is 25.4 Å². The Bertz CT molecular complexity index is 837. The van der Waals surface area contributed by atoms with E-state index in [0.717, 1.165) is 6.07 Å². The van der Waals surface area contributed by atoms with E-state index in [-0.39, 0.29) is 36.3 Å². The molecule has 0 radical (unpaired) electrons. The number of carbonyl (C=O) groups excluding carboxylic acids is 2. The maximum absolute atomic E-state index is 14.1. The largest absolute Gasteiger partial charge is 0.496 e. The minimum Gasteiger partial charge on any atom is -0.496 e. The van der Waals surface area contributed by atoms with Crippen molar-refractivity contribution >= 4 is 17.5 Å². The van der Waals surface area contributed by atoms with E-state index in [2.05, 4.69) is 20.8 Å². The summed E-state index contributed by atoms with van der Waals surface area (Å²) >= 11 is 0. The monoisotopic (exact) mass is 378 g/mol. The third-order valence-corrected chi connectivity index (χ3v) is 4.57. The highest BCUT2D eigenvalue weighted by Crippen LogP contribution is 2.24. The summed E-state index contributed by atoms with van der Waals surface area (Å²) < 4.78 is 19.1. The Morgan fingerprint density at radius 3 is 2.74 bits per heavy atom. The SMILES string of the molecule is COc1cccc(F)c1C(=O)Nc1cn[nH]c1C(=O)NC1CCC(O)CC1.[HH]. The summed E-state index contributed by atoms with van der Waals surface area (Å²) in [6.45, 7) is 0. The molecule has 0 bridgehead atoms. The maximum atomic E-state index is 14.1. The van der Waals surface area contributed by atoms with Crippen molar-refractivity contribution in [3.05, 3.63) is 41.5 Å². The summed E-state index contributed by atoms with van der Waals surface area (Å²) in [6.07, 6.45) is 3.57. The van der Waals surface area contributed by atoms with Gasteiger partial charge in [0.25, 0.3) is 11.8 Å². The summed E-state index contributed by atoms with van der Waals surface area (Å²) in [4.78, 5) is 25.0. The van der Waals surface area contributed by atoms with Gasteiger partial charge in [0.2, 0.25) is 0 Å². The van der Waals surface area contributed by atoms with Crippen molar-refractivity contribution in [2.75, 3.05) is 12.4 Å². The Morgan fingerprint density at radius 2 is 2.04 bits per heavy atom. The third-order valence-electron chi connectivity index (χ3n) is 4.57. The Hall–Kier alpha value is -2.94. The van der Waals surface area contributed by atoms with E-state index in [9.17, 15) is 19.1 Å². The van der Waals surface area contributed by atoms with Gasteiger partial charge in [-0.2, -0.15) is 5.10 Å². The second-order valence-corrected chi connectivity index (χ2v) is 6.41. The predicted molar refractivity (Wildman–Crippen MR) is 97.3 cm³/mol. The molecule has 4 N–H and O–H groups in total. The van der Waals surface area contributed by atoms with Crippen LogP contribution >= 0.6 is 0 Å². The molecular formula is C18H23FN4O4. The summed E-state index contributed by atoms with van der Waals surface area (Å²) in [6, 6.07) is 4.00. The highest BCUT2D eigenvalue weighted by molar-refractivity contribution is 6.09. The molecule has 0 unspecified atom stereocenters. The molecule has 9 heteroatoms. The molecule has 1 saturated carbocycles. The zero-order valence-electron chi connectivity index (χ0n) is 14.8. The van der Waals surface area contributed by atoms with Crippen LogP contribution in [-0.4, -0.2) is 46.4 Å². The molecule has 0 aliphatic heterocycles. The van der Waals surface area contributed by atoms with Crippen LogP contribution in [0.1, 0.15) is 48.0 Å². The van der Waals surface area contributed by atoms with Gasteiger partial charge in [0.15, 0.2) is 0 Å². The van der Waals surface area contributed by atoms with Gasteiger partial charge in [-0.25, -0.2) is 4.39 Å². The average Bonchev–Trinajstić information content (AvgIpc) is 3.11. The summed E-state index contributed by atoms with van der Waals surface area (Å²) in [5.74, 6) is -1.82. The molecule has 0 spiro atoms. The lowest BCUT2D eigenvalue weighted by Crippen LogP contribution is -2.39. The first-order chi connectivity index (χ1) is 13.0. The van der Waals surface area contributed by atoms with E-state index in [0.29, 0.717) is 25.7 Å². The van der Waals surface area contributed by atoms with E-state index in [4.69, 9.17) is 4.74 Å². The summed E-state index contributed by atoms with van der Waals surface area (Å²) in [5.41, 5.74) is -0.0442. The van der Waals surface area contributed by atoms with Gasteiger partial charge in [0.05, 0.1) is 25.1 Å². The van der Waals surface area contributed by atoms with Gasteiger partial charge in [-0.1, -0.05) is 6.07 Å². The predicted octanol–water partition coefficient (Wildman–Crippen LogP) is 2.09. The number of methoxy groups -OCH3 is 1. The van der Waals surface area contributed by atoms with Crippen molar-refractivity contribution in [3.63, 3.8) is 0 Å². The van der Waals surface area contributed by atoms with Crippen molar-refractivity contribution in [2.24, 2.45) is 0 Å². The number of halogens is 1. The van der Waals surface area contributed by atoms with Crippen LogP contribution in [0.5, 0.6) is 5.75 Å². The molecule has 0 atom stereocenters. The Labute approximate surface area is 156 Å². The number of H-pyrrole nitrogens is 1. The second kappa shape index (κ2) is 8.17. The minimum atomic E-state index is -0.749. The molecule has 1 heterocycles. The van der Waals surface area contributed by atoms with Crippen LogP contribution in [0.4, 0.5) is 10.1 Å². The van der Waals surface area contributed by atoms with Gasteiger partial charge in [-0.15, -0.1) is 0 Å². The molecule has 27 heavy (non-hydrogen) atoms. The van der Waals surface area contributed by atoms with E-state index in [1.54, 1.807) is 0 Å². The number of nitrogens with zero attached hydrogens (tertiary/aromatic N) is 1. The zero-order valence-corrected chi connectivity index (χ0v) is 14.8. The van der Waals surface area contributed by atoms with E-state index >= 15 is 0 Å². The summed E-state index contributed by atoms with van der Waals surface area (Å²) in [7, 11) is 1.34. The number of anilines is 1. The zero-order chi connectivity index (χ0) is 19.4. The molecule has 146 valence electrons. The number of amides is 2. The summed E-state index contributed by atoms with van der Waals surface area (Å²) in [5, 5.41) is 21.2. The van der Waals surface area contributed by atoms with Crippen molar-refractivity contribution in [1.29, 1.82) is 0 Å². The fourth-order valence-electron chi connectivity index (χ4n) is 3.11. The lowest BCUT2D eigenvalue weighted by Gasteiger charge is -2.26. The van der Waals surface area contributed by atoms with Crippen LogP contribution in [0.25, 0.3) is 0 Å². The molecule has 0 saturated heterocycles. The number of nitrogens with one attached hydrogen (secondary N) is 3. The average molecular weight is 378 g/mol. The first kappa shape index (κ1) is 18.8. The number of carbonyl (C=O) groups is 2. The van der Waals surface area contributed by atoms with Crippen LogP contribution in [-0.2, 0) is 0 Å². The molecule has 1 aromatic carbocycles. The Morgan fingerprint density at radius 1 is 1.30 bits per heavy atom. The van der Waals surface area contributed by atoms with Crippen molar-refractivity contribution < 1.29 is 25.2 Å². The van der Waals surface area contributed by atoms with Gasteiger partial charge in [0, 0.05) is 7.47 Å². The fourth-order valence-corrected chi connectivity index (χ4v) is 3.11. The van der Waals surface area contributed by atoms with Gasteiger partial charge >= 0.3 is 0 Å².